The van der Waals surface area contributed by atoms with Crippen LogP contribution < -0.4 is 10.6 Å². The van der Waals surface area contributed by atoms with Crippen LogP contribution in [-0.2, 0) is 16.8 Å². The number of aliphatic hydroxyl groups excluding tert-OH is 1. The van der Waals surface area contributed by atoms with Gasteiger partial charge in [0.05, 0.1) is 18.7 Å². The van der Waals surface area contributed by atoms with Crippen molar-refractivity contribution in [3.05, 3.63) is 64.7 Å². The van der Waals surface area contributed by atoms with E-state index < -0.39 is 5.54 Å². The highest BCUT2D eigenvalue weighted by molar-refractivity contribution is 5.93. The van der Waals surface area contributed by atoms with E-state index in [1.54, 1.807) is 0 Å². The molecule has 2 aromatic rings. The minimum Gasteiger partial charge on any atom is -0.394 e. The van der Waals surface area contributed by atoms with Crippen molar-refractivity contribution in [2.75, 3.05) is 18.5 Å². The molecule has 0 radical (unpaired) electrons. The Hall–Kier alpha value is -2.17. The first kappa shape index (κ1) is 16.7. The van der Waals surface area contributed by atoms with Gasteiger partial charge in [-0.2, -0.15) is 0 Å². The number of fused-ring (bicyclic) bond motifs is 1. The van der Waals surface area contributed by atoms with E-state index >= 15 is 0 Å². The van der Waals surface area contributed by atoms with E-state index in [2.05, 4.69) is 16.7 Å². The van der Waals surface area contributed by atoms with E-state index in [1.165, 1.54) is 5.56 Å². The molecule has 2 aromatic carbocycles. The van der Waals surface area contributed by atoms with Crippen LogP contribution in [-0.4, -0.2) is 24.2 Å². The average Bonchev–Trinajstić information content (AvgIpc) is 2.96. The number of aliphatic hydroxyl groups is 1. The summed E-state index contributed by atoms with van der Waals surface area (Å²) in [4.78, 5) is 12.3. The quantitative estimate of drug-likeness (QED) is 0.792. The van der Waals surface area contributed by atoms with E-state index in [0.29, 0.717) is 0 Å². The summed E-state index contributed by atoms with van der Waals surface area (Å²) in [6, 6.07) is 14.1. The smallest absolute Gasteiger partial charge is 0.238 e. The van der Waals surface area contributed by atoms with Gasteiger partial charge < -0.3 is 10.4 Å². The molecule has 0 bridgehead atoms. The molecule has 0 aliphatic heterocycles. The molecule has 126 valence electrons. The molecule has 0 saturated carbocycles. The zero-order valence-corrected chi connectivity index (χ0v) is 14.2. The van der Waals surface area contributed by atoms with Crippen LogP contribution in [0.2, 0.25) is 0 Å². The van der Waals surface area contributed by atoms with Gasteiger partial charge in [0, 0.05) is 5.69 Å². The van der Waals surface area contributed by atoms with Crippen molar-refractivity contribution >= 4 is 11.6 Å². The van der Waals surface area contributed by atoms with Crippen molar-refractivity contribution < 1.29 is 9.90 Å². The van der Waals surface area contributed by atoms with Crippen LogP contribution in [0.4, 0.5) is 5.69 Å². The number of anilines is 1. The summed E-state index contributed by atoms with van der Waals surface area (Å²) in [5, 5.41) is 16.2. The van der Waals surface area contributed by atoms with Gasteiger partial charge in [0.15, 0.2) is 0 Å². The van der Waals surface area contributed by atoms with Crippen LogP contribution in [0.3, 0.4) is 0 Å². The van der Waals surface area contributed by atoms with Gasteiger partial charge in [-0.1, -0.05) is 36.4 Å². The molecular weight excluding hydrogens is 300 g/mol. The normalized spacial score (nSPS) is 19.1. The third-order valence-corrected chi connectivity index (χ3v) is 4.88. The zero-order chi connectivity index (χ0) is 17.2. The number of carbonyl (C=O) groups excluding carboxylic acids is 1. The van der Waals surface area contributed by atoms with Gasteiger partial charge in [-0.05, 0) is 55.0 Å². The fraction of sp³-hybridized carbons (Fsp3) is 0.350. The molecule has 3 N–H and O–H groups in total. The Bertz CT molecular complexity index is 757. The zero-order valence-electron chi connectivity index (χ0n) is 14.2. The van der Waals surface area contributed by atoms with Gasteiger partial charge in [0.25, 0.3) is 0 Å². The van der Waals surface area contributed by atoms with Gasteiger partial charge in [-0.25, -0.2) is 0 Å². The molecule has 3 rings (SSSR count). The molecule has 0 aromatic heterocycles. The van der Waals surface area contributed by atoms with E-state index in [1.807, 2.05) is 50.2 Å². The minimum atomic E-state index is -0.518. The Kier molecular flexibility index (Phi) is 4.69. The molecule has 1 aliphatic rings. The second-order valence-corrected chi connectivity index (χ2v) is 6.62. The predicted molar refractivity (Wildman–Crippen MR) is 96.1 cm³/mol. The van der Waals surface area contributed by atoms with Gasteiger partial charge in [0.2, 0.25) is 5.91 Å². The topological polar surface area (TPSA) is 61.4 Å². The standard InChI is InChI=1S/C20H24N2O2/c1-14-7-8-15(2)18(11-14)22-19(24)12-21-20(13-23)10-9-16-5-3-4-6-17(16)20/h3-8,11,21,23H,9-10,12-13H2,1-2H3,(H,22,24). The summed E-state index contributed by atoms with van der Waals surface area (Å²) < 4.78 is 0. The number of nitrogens with one attached hydrogen (secondary N) is 2. The Labute approximate surface area is 142 Å². The molecule has 0 spiro atoms. The van der Waals surface area contributed by atoms with Crippen molar-refractivity contribution in [1.29, 1.82) is 0 Å². The second-order valence-electron chi connectivity index (χ2n) is 6.62. The van der Waals surface area contributed by atoms with Gasteiger partial charge in [-0.15, -0.1) is 0 Å². The van der Waals surface area contributed by atoms with E-state index in [9.17, 15) is 9.90 Å². The average molecular weight is 324 g/mol. The van der Waals surface area contributed by atoms with Gasteiger partial charge in [0.1, 0.15) is 0 Å². The van der Waals surface area contributed by atoms with Gasteiger partial charge >= 0.3 is 0 Å². The first-order chi connectivity index (χ1) is 11.5. The predicted octanol–water partition coefficient (Wildman–Crippen LogP) is 2.67. The lowest BCUT2D eigenvalue weighted by Crippen LogP contribution is -2.47. The first-order valence-corrected chi connectivity index (χ1v) is 8.35. The molecule has 1 aliphatic carbocycles. The summed E-state index contributed by atoms with van der Waals surface area (Å²) in [5.41, 5.74) is 4.82. The Balaban J connectivity index is 1.69. The van der Waals surface area contributed by atoms with Crippen molar-refractivity contribution in [3.8, 4) is 0 Å². The van der Waals surface area contributed by atoms with Crippen molar-refractivity contribution in [3.63, 3.8) is 0 Å². The maximum Gasteiger partial charge on any atom is 0.238 e. The van der Waals surface area contributed by atoms with Crippen LogP contribution in [0.15, 0.2) is 42.5 Å². The SMILES string of the molecule is Cc1ccc(C)c(NC(=O)CNC2(CO)CCc3ccccc32)c1. The molecular formula is C20H24N2O2. The highest BCUT2D eigenvalue weighted by atomic mass is 16.3. The fourth-order valence-electron chi connectivity index (χ4n) is 3.41. The molecule has 0 heterocycles. The number of hydrogen-bond donors (Lipinski definition) is 3. The third-order valence-electron chi connectivity index (χ3n) is 4.88. The van der Waals surface area contributed by atoms with Crippen LogP contribution in [0.1, 0.15) is 28.7 Å². The number of benzene rings is 2. The first-order valence-electron chi connectivity index (χ1n) is 8.35. The highest BCUT2D eigenvalue weighted by Crippen LogP contribution is 2.36. The number of amides is 1. The van der Waals surface area contributed by atoms with E-state index in [-0.39, 0.29) is 19.1 Å². The lowest BCUT2D eigenvalue weighted by Gasteiger charge is -2.29. The number of hydrogen-bond acceptors (Lipinski definition) is 3. The lowest BCUT2D eigenvalue weighted by molar-refractivity contribution is -0.115. The van der Waals surface area contributed by atoms with Crippen molar-refractivity contribution in [1.82, 2.24) is 5.32 Å². The molecule has 4 nitrogen and oxygen atoms in total. The molecule has 1 amide bonds. The summed E-state index contributed by atoms with van der Waals surface area (Å²) in [6.45, 7) is 4.14. The summed E-state index contributed by atoms with van der Waals surface area (Å²) in [6.07, 6.45) is 1.72. The minimum absolute atomic E-state index is 0.0131. The monoisotopic (exact) mass is 324 g/mol. The van der Waals surface area contributed by atoms with E-state index in [4.69, 9.17) is 0 Å². The fourth-order valence-corrected chi connectivity index (χ4v) is 3.41. The maximum atomic E-state index is 12.3. The number of carbonyl (C=O) groups is 1. The van der Waals surface area contributed by atoms with Crippen LogP contribution in [0.25, 0.3) is 0 Å². The Morgan fingerprint density at radius 1 is 1.21 bits per heavy atom. The molecule has 1 atom stereocenters. The molecule has 24 heavy (non-hydrogen) atoms. The number of rotatable bonds is 5. The molecule has 0 saturated heterocycles. The molecule has 4 heteroatoms. The third kappa shape index (κ3) is 3.21. The van der Waals surface area contributed by atoms with E-state index in [0.717, 1.165) is 35.2 Å². The maximum absolute atomic E-state index is 12.3. The summed E-state index contributed by atoms with van der Waals surface area (Å²) in [7, 11) is 0. The molecule has 0 fully saturated rings. The summed E-state index contributed by atoms with van der Waals surface area (Å²) >= 11 is 0. The summed E-state index contributed by atoms with van der Waals surface area (Å²) in [5.74, 6) is -0.0964. The van der Waals surface area contributed by atoms with Crippen LogP contribution in [0, 0.1) is 13.8 Å². The largest absolute Gasteiger partial charge is 0.394 e. The van der Waals surface area contributed by atoms with Crippen molar-refractivity contribution in [2.45, 2.75) is 32.2 Å². The Morgan fingerprint density at radius 2 is 2.00 bits per heavy atom. The lowest BCUT2D eigenvalue weighted by atomic mass is 9.92. The van der Waals surface area contributed by atoms with Crippen LogP contribution >= 0.6 is 0 Å². The number of aryl methyl sites for hydroxylation is 3. The Morgan fingerprint density at radius 3 is 2.79 bits per heavy atom. The van der Waals surface area contributed by atoms with Crippen LogP contribution in [0.5, 0.6) is 0 Å². The highest BCUT2D eigenvalue weighted by Gasteiger charge is 2.37. The van der Waals surface area contributed by atoms with Gasteiger partial charge in [-0.3, -0.25) is 10.1 Å². The molecule has 1 unspecified atom stereocenters. The van der Waals surface area contributed by atoms with Crippen molar-refractivity contribution in [2.24, 2.45) is 0 Å². The second kappa shape index (κ2) is 6.75.